The van der Waals surface area contributed by atoms with Gasteiger partial charge < -0.3 is 19.5 Å². The maximum atomic E-state index is 12.3. The molecule has 0 aliphatic carbocycles. The van der Waals surface area contributed by atoms with Crippen molar-refractivity contribution in [1.29, 1.82) is 0 Å². The minimum Gasteiger partial charge on any atom is -0.466 e. The molecular formula is C18H31NO5. The molecule has 24 heavy (non-hydrogen) atoms. The number of amides is 1. The maximum absolute atomic E-state index is 12.3. The number of aliphatic hydroxyl groups is 1. The van der Waals surface area contributed by atoms with E-state index in [4.69, 9.17) is 14.6 Å². The normalized spacial score (nSPS) is 21.8. The molecule has 0 aromatic rings. The average Bonchev–Trinajstić information content (AvgIpc) is 2.50. The summed E-state index contributed by atoms with van der Waals surface area (Å²) in [5.74, 6) is -0.336. The van der Waals surface area contributed by atoms with Crippen LogP contribution < -0.4 is 0 Å². The molecule has 1 aliphatic heterocycles. The highest BCUT2D eigenvalue weighted by Crippen LogP contribution is 2.29. The second-order valence-corrected chi connectivity index (χ2v) is 7.06. The van der Waals surface area contributed by atoms with Crippen molar-refractivity contribution in [2.45, 2.75) is 52.6 Å². The second kappa shape index (κ2) is 9.67. The van der Waals surface area contributed by atoms with Crippen molar-refractivity contribution < 1.29 is 24.2 Å². The molecule has 2 atom stereocenters. The number of carbonyl (C=O) groups excluding carboxylic acids is 2. The first kappa shape index (κ1) is 20.5. The SMILES string of the molecule is CCOC(=O)[C@H]1CCN(C(=O)OC(C)(C)C)C[C@H]1CC/C=C/CO. The first-order chi connectivity index (χ1) is 11.3. The average molecular weight is 341 g/mol. The van der Waals surface area contributed by atoms with Crippen LogP contribution in [0.5, 0.6) is 0 Å². The molecule has 1 rings (SSSR count). The molecule has 1 aliphatic rings. The van der Waals surface area contributed by atoms with Crippen molar-refractivity contribution in [2.24, 2.45) is 11.8 Å². The van der Waals surface area contributed by atoms with Crippen LogP contribution in [0.3, 0.4) is 0 Å². The van der Waals surface area contributed by atoms with Crippen molar-refractivity contribution in [3.05, 3.63) is 12.2 Å². The lowest BCUT2D eigenvalue weighted by Gasteiger charge is -2.38. The zero-order valence-electron chi connectivity index (χ0n) is 15.3. The summed E-state index contributed by atoms with van der Waals surface area (Å²) in [7, 11) is 0. The Hall–Kier alpha value is -1.56. The van der Waals surface area contributed by atoms with E-state index < -0.39 is 5.60 Å². The van der Waals surface area contributed by atoms with Crippen LogP contribution in [0.15, 0.2) is 12.2 Å². The van der Waals surface area contributed by atoms with Crippen LogP contribution in [0.2, 0.25) is 0 Å². The Morgan fingerprint density at radius 3 is 2.58 bits per heavy atom. The van der Waals surface area contributed by atoms with Gasteiger partial charge in [0.05, 0.1) is 19.1 Å². The Morgan fingerprint density at radius 1 is 1.29 bits per heavy atom. The molecule has 0 aromatic carbocycles. The summed E-state index contributed by atoms with van der Waals surface area (Å²) in [5.41, 5.74) is -0.533. The van der Waals surface area contributed by atoms with Crippen molar-refractivity contribution >= 4 is 12.1 Å². The van der Waals surface area contributed by atoms with Crippen molar-refractivity contribution in [3.63, 3.8) is 0 Å². The molecule has 0 unspecified atom stereocenters. The zero-order valence-corrected chi connectivity index (χ0v) is 15.3. The predicted molar refractivity (Wildman–Crippen MR) is 91.5 cm³/mol. The number of piperidine rings is 1. The lowest BCUT2D eigenvalue weighted by atomic mass is 9.82. The van der Waals surface area contributed by atoms with Gasteiger partial charge in [-0.05, 0) is 52.9 Å². The van der Waals surface area contributed by atoms with Crippen LogP contribution in [0.25, 0.3) is 0 Å². The first-order valence-corrected chi connectivity index (χ1v) is 8.69. The maximum Gasteiger partial charge on any atom is 0.410 e. The number of hydrogen-bond acceptors (Lipinski definition) is 5. The van der Waals surface area contributed by atoms with Crippen LogP contribution in [-0.4, -0.2) is 54.0 Å². The fourth-order valence-electron chi connectivity index (χ4n) is 2.88. The van der Waals surface area contributed by atoms with Gasteiger partial charge in [-0.1, -0.05) is 12.2 Å². The van der Waals surface area contributed by atoms with Crippen LogP contribution in [-0.2, 0) is 14.3 Å². The third-order valence-corrected chi connectivity index (χ3v) is 3.95. The van der Waals surface area contributed by atoms with Crippen molar-refractivity contribution in [2.75, 3.05) is 26.3 Å². The van der Waals surface area contributed by atoms with E-state index in [0.717, 1.165) is 12.8 Å². The predicted octanol–water partition coefficient (Wildman–Crippen LogP) is 2.75. The molecule has 1 amide bonds. The summed E-state index contributed by atoms with van der Waals surface area (Å²) in [6.45, 7) is 8.69. The van der Waals surface area contributed by atoms with Gasteiger partial charge in [0.25, 0.3) is 0 Å². The van der Waals surface area contributed by atoms with Crippen molar-refractivity contribution in [1.82, 2.24) is 4.90 Å². The summed E-state index contributed by atoms with van der Waals surface area (Å²) in [6.07, 6.45) is 5.36. The molecule has 1 N–H and O–H groups in total. The molecule has 1 heterocycles. The molecule has 0 aromatic heterocycles. The van der Waals surface area contributed by atoms with Crippen LogP contribution in [0.1, 0.15) is 47.0 Å². The summed E-state index contributed by atoms with van der Waals surface area (Å²) in [5, 5.41) is 8.81. The lowest BCUT2D eigenvalue weighted by molar-refractivity contribution is -0.152. The third kappa shape index (κ3) is 6.91. The molecule has 1 fully saturated rings. The Morgan fingerprint density at radius 2 is 2.00 bits per heavy atom. The lowest BCUT2D eigenvalue weighted by Crippen LogP contribution is -2.47. The molecule has 138 valence electrons. The highest BCUT2D eigenvalue weighted by molar-refractivity contribution is 5.74. The molecule has 0 saturated carbocycles. The topological polar surface area (TPSA) is 76.1 Å². The number of allylic oxidation sites excluding steroid dienone is 1. The van der Waals surface area contributed by atoms with E-state index in [1.807, 2.05) is 26.8 Å². The van der Waals surface area contributed by atoms with Gasteiger partial charge in [-0.25, -0.2) is 4.79 Å². The minimum atomic E-state index is -0.533. The summed E-state index contributed by atoms with van der Waals surface area (Å²) < 4.78 is 10.6. The fourth-order valence-corrected chi connectivity index (χ4v) is 2.88. The van der Waals surface area contributed by atoms with Crippen LogP contribution in [0.4, 0.5) is 4.79 Å². The Kier molecular flexibility index (Phi) is 8.25. The molecule has 0 radical (unpaired) electrons. The van der Waals surface area contributed by atoms with E-state index in [-0.39, 0.29) is 30.5 Å². The van der Waals surface area contributed by atoms with Gasteiger partial charge in [0.2, 0.25) is 0 Å². The van der Waals surface area contributed by atoms with E-state index in [2.05, 4.69) is 0 Å². The summed E-state index contributed by atoms with van der Waals surface area (Å²) in [6, 6.07) is 0. The smallest absolute Gasteiger partial charge is 0.410 e. The Labute approximate surface area is 144 Å². The van der Waals surface area contributed by atoms with E-state index in [9.17, 15) is 9.59 Å². The quantitative estimate of drug-likeness (QED) is 0.594. The van der Waals surface area contributed by atoms with E-state index in [1.165, 1.54) is 0 Å². The highest BCUT2D eigenvalue weighted by atomic mass is 16.6. The van der Waals surface area contributed by atoms with Gasteiger partial charge in [-0.2, -0.15) is 0 Å². The number of aliphatic hydroxyl groups excluding tert-OH is 1. The first-order valence-electron chi connectivity index (χ1n) is 8.69. The van der Waals surface area contributed by atoms with Gasteiger partial charge in [0.1, 0.15) is 5.60 Å². The molecule has 1 saturated heterocycles. The Bertz CT molecular complexity index is 441. The highest BCUT2D eigenvalue weighted by Gasteiger charge is 2.37. The van der Waals surface area contributed by atoms with Crippen LogP contribution >= 0.6 is 0 Å². The number of hydrogen-bond donors (Lipinski definition) is 1. The summed E-state index contributed by atoms with van der Waals surface area (Å²) in [4.78, 5) is 26.1. The van der Waals surface area contributed by atoms with Gasteiger partial charge >= 0.3 is 12.1 Å². The van der Waals surface area contributed by atoms with Gasteiger partial charge in [-0.3, -0.25) is 4.79 Å². The number of likely N-dealkylation sites (tertiary alicyclic amines) is 1. The molecule has 0 spiro atoms. The van der Waals surface area contributed by atoms with Gasteiger partial charge in [0.15, 0.2) is 0 Å². The third-order valence-electron chi connectivity index (χ3n) is 3.95. The van der Waals surface area contributed by atoms with Gasteiger partial charge in [-0.15, -0.1) is 0 Å². The molecule has 6 heteroatoms. The zero-order chi connectivity index (χ0) is 18.2. The fraction of sp³-hybridized carbons (Fsp3) is 0.778. The number of nitrogens with zero attached hydrogens (tertiary/aromatic N) is 1. The number of esters is 1. The van der Waals surface area contributed by atoms with Gasteiger partial charge in [0, 0.05) is 13.1 Å². The number of ether oxygens (including phenoxy) is 2. The largest absolute Gasteiger partial charge is 0.466 e. The molecule has 0 bridgehead atoms. The summed E-state index contributed by atoms with van der Waals surface area (Å²) >= 11 is 0. The standard InChI is InChI=1S/C18H31NO5/c1-5-23-16(21)15-10-11-19(17(22)24-18(2,3)4)13-14(15)9-7-6-8-12-20/h6,8,14-15,20H,5,7,9-13H2,1-4H3/b8-6+/t14-,15+/m1/s1. The number of carbonyl (C=O) groups is 2. The van der Waals surface area contributed by atoms with E-state index in [1.54, 1.807) is 17.9 Å². The monoisotopic (exact) mass is 341 g/mol. The second-order valence-electron chi connectivity index (χ2n) is 7.06. The van der Waals surface area contributed by atoms with Crippen LogP contribution in [0, 0.1) is 11.8 Å². The van der Waals surface area contributed by atoms with E-state index >= 15 is 0 Å². The Balaban J connectivity index is 2.72. The molecule has 6 nitrogen and oxygen atoms in total. The van der Waals surface area contributed by atoms with E-state index in [0.29, 0.717) is 26.1 Å². The molecular weight excluding hydrogens is 310 g/mol. The number of rotatable bonds is 6. The van der Waals surface area contributed by atoms with Crippen molar-refractivity contribution in [3.8, 4) is 0 Å². The minimum absolute atomic E-state index is 0.00993.